The third-order valence-electron chi connectivity index (χ3n) is 3.94. The molecule has 0 radical (unpaired) electrons. The van der Waals surface area contributed by atoms with E-state index in [-0.39, 0.29) is 34.0 Å². The summed E-state index contributed by atoms with van der Waals surface area (Å²) in [6.07, 6.45) is 2.98. The summed E-state index contributed by atoms with van der Waals surface area (Å²) < 4.78 is 5.48. The molecule has 1 unspecified atom stereocenters. The summed E-state index contributed by atoms with van der Waals surface area (Å²) in [7, 11) is 0. The number of nitrogens with one attached hydrogen (secondary N) is 3. The van der Waals surface area contributed by atoms with E-state index in [2.05, 4.69) is 26.1 Å². The SMILES string of the molecule is O=C(NNc1ncnc(NCC2CCCO2)c1[N+](=O)[O-])c1ccccc1Cl. The summed E-state index contributed by atoms with van der Waals surface area (Å²) in [5, 5.41) is 14.7. The first-order valence-electron chi connectivity index (χ1n) is 8.22. The van der Waals surface area contributed by atoms with Gasteiger partial charge < -0.3 is 10.1 Å². The van der Waals surface area contributed by atoms with Crippen LogP contribution in [0.2, 0.25) is 5.02 Å². The predicted molar refractivity (Wildman–Crippen MR) is 98.7 cm³/mol. The van der Waals surface area contributed by atoms with Gasteiger partial charge in [-0.25, -0.2) is 9.97 Å². The van der Waals surface area contributed by atoms with Crippen LogP contribution >= 0.6 is 11.6 Å². The van der Waals surface area contributed by atoms with E-state index in [4.69, 9.17) is 16.3 Å². The second-order valence-corrected chi connectivity index (χ2v) is 6.16. The smallest absolute Gasteiger partial charge is 0.354 e. The maximum Gasteiger partial charge on any atom is 0.354 e. The molecule has 142 valence electrons. The minimum atomic E-state index is -0.623. The van der Waals surface area contributed by atoms with Crippen molar-refractivity contribution in [3.8, 4) is 0 Å². The molecule has 1 amide bonds. The van der Waals surface area contributed by atoms with Gasteiger partial charge in [-0.05, 0) is 25.0 Å². The van der Waals surface area contributed by atoms with Crippen molar-refractivity contribution < 1.29 is 14.5 Å². The number of hydrogen-bond acceptors (Lipinski definition) is 8. The van der Waals surface area contributed by atoms with Crippen LogP contribution in [0.3, 0.4) is 0 Å². The van der Waals surface area contributed by atoms with Crippen LogP contribution in [0.15, 0.2) is 30.6 Å². The zero-order valence-corrected chi connectivity index (χ0v) is 14.9. The zero-order chi connectivity index (χ0) is 19.2. The molecule has 2 aromatic rings. The van der Waals surface area contributed by atoms with Crippen molar-refractivity contribution in [3.63, 3.8) is 0 Å². The summed E-state index contributed by atoms with van der Waals surface area (Å²) in [6.45, 7) is 1.07. The Kier molecular flexibility index (Phi) is 5.99. The Bertz CT molecular complexity index is 843. The fraction of sp³-hybridized carbons (Fsp3) is 0.312. The van der Waals surface area contributed by atoms with E-state index in [0.717, 1.165) is 19.2 Å². The lowest BCUT2D eigenvalue weighted by molar-refractivity contribution is -0.383. The Morgan fingerprint density at radius 3 is 2.81 bits per heavy atom. The summed E-state index contributed by atoms with van der Waals surface area (Å²) in [5.41, 5.74) is 4.66. The van der Waals surface area contributed by atoms with Crippen LogP contribution in [0.25, 0.3) is 0 Å². The number of benzene rings is 1. The van der Waals surface area contributed by atoms with E-state index >= 15 is 0 Å². The minimum Gasteiger partial charge on any atom is -0.376 e. The minimum absolute atomic E-state index is 0.0177. The number of hydrazine groups is 1. The van der Waals surface area contributed by atoms with Crippen molar-refractivity contribution in [1.82, 2.24) is 15.4 Å². The van der Waals surface area contributed by atoms with Crippen molar-refractivity contribution in [3.05, 3.63) is 51.3 Å². The van der Waals surface area contributed by atoms with E-state index in [1.807, 2.05) is 0 Å². The van der Waals surface area contributed by atoms with Crippen LogP contribution in [0, 0.1) is 10.1 Å². The lowest BCUT2D eigenvalue weighted by Gasteiger charge is -2.13. The molecule has 1 aliphatic rings. The Balaban J connectivity index is 1.72. The second kappa shape index (κ2) is 8.60. The van der Waals surface area contributed by atoms with E-state index in [1.54, 1.807) is 18.2 Å². The van der Waals surface area contributed by atoms with Gasteiger partial charge in [0.15, 0.2) is 0 Å². The third-order valence-corrected chi connectivity index (χ3v) is 4.27. The highest BCUT2D eigenvalue weighted by Gasteiger charge is 2.25. The van der Waals surface area contributed by atoms with E-state index < -0.39 is 10.8 Å². The third kappa shape index (κ3) is 4.60. The molecule has 0 spiro atoms. The molecule has 0 saturated carbocycles. The molecule has 1 aromatic carbocycles. The first-order chi connectivity index (χ1) is 13.1. The van der Waals surface area contributed by atoms with Gasteiger partial charge >= 0.3 is 5.69 Å². The first kappa shape index (κ1) is 18.8. The molecule has 1 aromatic heterocycles. The van der Waals surface area contributed by atoms with Crippen LogP contribution < -0.4 is 16.2 Å². The number of rotatable bonds is 7. The number of nitro groups is 1. The average molecular weight is 393 g/mol. The second-order valence-electron chi connectivity index (χ2n) is 5.75. The number of carbonyl (C=O) groups excluding carboxylic acids is 1. The van der Waals surface area contributed by atoms with Crippen LogP contribution in [-0.2, 0) is 4.74 Å². The molecule has 11 heteroatoms. The monoisotopic (exact) mass is 392 g/mol. The first-order valence-corrected chi connectivity index (χ1v) is 8.60. The van der Waals surface area contributed by atoms with E-state index in [0.29, 0.717) is 13.2 Å². The van der Waals surface area contributed by atoms with Crippen molar-refractivity contribution in [2.75, 3.05) is 23.9 Å². The fourth-order valence-corrected chi connectivity index (χ4v) is 2.84. The standard InChI is InChI=1S/C16H17ClN6O4/c17-12-6-2-1-5-11(12)16(24)22-21-15-13(23(25)26)14(19-9-20-15)18-8-10-4-3-7-27-10/h1-2,5-6,9-10H,3-4,7-8H2,(H,22,24)(H2,18,19,20,21). The lowest BCUT2D eigenvalue weighted by atomic mass is 10.2. The molecule has 0 aliphatic carbocycles. The van der Waals surface area contributed by atoms with E-state index in [1.165, 1.54) is 6.07 Å². The molecule has 27 heavy (non-hydrogen) atoms. The van der Waals surface area contributed by atoms with Gasteiger partial charge in [0.25, 0.3) is 5.91 Å². The molecule has 1 aliphatic heterocycles. The number of aromatic nitrogens is 2. The largest absolute Gasteiger partial charge is 0.376 e. The zero-order valence-electron chi connectivity index (χ0n) is 14.1. The normalized spacial score (nSPS) is 16.0. The summed E-state index contributed by atoms with van der Waals surface area (Å²) in [6, 6.07) is 6.44. The highest BCUT2D eigenvalue weighted by molar-refractivity contribution is 6.33. The molecule has 1 fully saturated rings. The summed E-state index contributed by atoms with van der Waals surface area (Å²) in [4.78, 5) is 30.8. The van der Waals surface area contributed by atoms with Gasteiger partial charge in [-0.15, -0.1) is 0 Å². The van der Waals surface area contributed by atoms with Crippen LogP contribution in [-0.4, -0.2) is 40.1 Å². The number of hydrogen-bond donors (Lipinski definition) is 3. The Morgan fingerprint density at radius 2 is 2.11 bits per heavy atom. The average Bonchev–Trinajstić information content (AvgIpc) is 3.18. The summed E-state index contributed by atoms with van der Waals surface area (Å²) in [5.74, 6) is -0.660. The van der Waals surface area contributed by atoms with Gasteiger partial charge in [0, 0.05) is 13.2 Å². The molecule has 3 N–H and O–H groups in total. The van der Waals surface area contributed by atoms with Gasteiger partial charge in [-0.1, -0.05) is 23.7 Å². The Hall–Kier alpha value is -2.98. The molecule has 10 nitrogen and oxygen atoms in total. The Morgan fingerprint density at radius 1 is 1.33 bits per heavy atom. The maximum atomic E-state index is 12.2. The fourth-order valence-electron chi connectivity index (χ4n) is 2.62. The van der Waals surface area contributed by atoms with Gasteiger partial charge in [0.2, 0.25) is 11.6 Å². The number of anilines is 2. The molecule has 1 saturated heterocycles. The van der Waals surface area contributed by atoms with Crippen molar-refractivity contribution >= 4 is 34.8 Å². The number of halogens is 1. The van der Waals surface area contributed by atoms with Crippen molar-refractivity contribution in [1.29, 1.82) is 0 Å². The van der Waals surface area contributed by atoms with Crippen LogP contribution in [0.5, 0.6) is 0 Å². The van der Waals surface area contributed by atoms with Crippen molar-refractivity contribution in [2.24, 2.45) is 0 Å². The number of nitrogens with zero attached hydrogens (tertiary/aromatic N) is 3. The van der Waals surface area contributed by atoms with E-state index in [9.17, 15) is 14.9 Å². The topological polar surface area (TPSA) is 131 Å². The van der Waals surface area contributed by atoms with Crippen LogP contribution in [0.1, 0.15) is 23.2 Å². The van der Waals surface area contributed by atoms with Crippen molar-refractivity contribution in [2.45, 2.75) is 18.9 Å². The molecular weight excluding hydrogens is 376 g/mol. The highest BCUT2D eigenvalue weighted by Crippen LogP contribution is 2.28. The van der Waals surface area contributed by atoms with Gasteiger partial charge in [-0.2, -0.15) is 0 Å². The number of carbonyl (C=O) groups is 1. The molecule has 3 rings (SSSR count). The van der Waals surface area contributed by atoms with Gasteiger partial charge in [0.1, 0.15) is 6.33 Å². The molecule has 2 heterocycles. The quantitative estimate of drug-likeness (QED) is 0.483. The molecule has 0 bridgehead atoms. The van der Waals surface area contributed by atoms with Crippen LogP contribution in [0.4, 0.5) is 17.3 Å². The highest BCUT2D eigenvalue weighted by atomic mass is 35.5. The number of amides is 1. The molecule has 1 atom stereocenters. The van der Waals surface area contributed by atoms with Gasteiger partial charge in [-0.3, -0.25) is 25.8 Å². The van der Waals surface area contributed by atoms with Gasteiger partial charge in [0.05, 0.1) is 21.6 Å². The summed E-state index contributed by atoms with van der Waals surface area (Å²) >= 11 is 5.97. The Labute approximate surface area is 159 Å². The predicted octanol–water partition coefficient (Wildman–Crippen LogP) is 2.39. The lowest BCUT2D eigenvalue weighted by Crippen LogP contribution is -2.30. The molecular formula is C16H17ClN6O4. The maximum absolute atomic E-state index is 12.2. The number of ether oxygens (including phenoxy) is 1.